The average Bonchev–Trinajstić information content (AvgIpc) is 3.39. The van der Waals surface area contributed by atoms with Crippen molar-refractivity contribution in [3.8, 4) is 0 Å². The van der Waals surface area contributed by atoms with Crippen LogP contribution >= 0.6 is 23.2 Å². The zero-order valence-corrected chi connectivity index (χ0v) is 23.7. The van der Waals surface area contributed by atoms with Crippen molar-refractivity contribution >= 4 is 61.5 Å². The lowest BCUT2D eigenvalue weighted by molar-refractivity contribution is -0.139. The zero-order chi connectivity index (χ0) is 27.4. The maximum atomic E-state index is 13.8. The Morgan fingerprint density at radius 3 is 2.37 bits per heavy atom. The van der Waals surface area contributed by atoms with Gasteiger partial charge in [0.2, 0.25) is 21.8 Å². The van der Waals surface area contributed by atoms with Gasteiger partial charge in [-0.1, -0.05) is 78.5 Å². The SMILES string of the molecule is C[C@@H](C(=O)NC1CCCC1)N(Cc1ccc(Cl)c(Cl)c1)C(=O)CN(c1cccc2ccccc12)S(C)(=O)=O. The number of sulfonamides is 1. The van der Waals surface area contributed by atoms with Gasteiger partial charge in [-0.2, -0.15) is 0 Å². The van der Waals surface area contributed by atoms with Crippen LogP contribution in [0.1, 0.15) is 38.2 Å². The summed E-state index contributed by atoms with van der Waals surface area (Å²) < 4.78 is 27.0. The summed E-state index contributed by atoms with van der Waals surface area (Å²) in [6.45, 7) is 1.25. The lowest BCUT2D eigenvalue weighted by atomic mass is 10.1. The molecule has 0 aliphatic heterocycles. The molecule has 202 valence electrons. The minimum Gasteiger partial charge on any atom is -0.352 e. The highest BCUT2D eigenvalue weighted by molar-refractivity contribution is 7.92. The Kier molecular flexibility index (Phi) is 8.85. The van der Waals surface area contributed by atoms with Gasteiger partial charge in [-0.15, -0.1) is 0 Å². The van der Waals surface area contributed by atoms with Crippen LogP contribution in [0, 0.1) is 0 Å². The van der Waals surface area contributed by atoms with E-state index in [1.54, 1.807) is 37.3 Å². The Bertz CT molecular complexity index is 1440. The molecule has 0 unspecified atom stereocenters. The van der Waals surface area contributed by atoms with Crippen LogP contribution in [0.3, 0.4) is 0 Å². The van der Waals surface area contributed by atoms with Crippen molar-refractivity contribution in [3.05, 3.63) is 76.3 Å². The molecule has 1 N–H and O–H groups in total. The maximum Gasteiger partial charge on any atom is 0.244 e. The Morgan fingerprint density at radius 2 is 1.68 bits per heavy atom. The second kappa shape index (κ2) is 11.9. The summed E-state index contributed by atoms with van der Waals surface area (Å²) in [6, 6.07) is 16.9. The number of halogens is 2. The first-order valence-electron chi connectivity index (χ1n) is 12.5. The quantitative estimate of drug-likeness (QED) is 0.370. The zero-order valence-electron chi connectivity index (χ0n) is 21.4. The molecule has 4 rings (SSSR count). The third-order valence-electron chi connectivity index (χ3n) is 6.92. The van der Waals surface area contributed by atoms with E-state index in [0.717, 1.165) is 41.6 Å². The van der Waals surface area contributed by atoms with Gasteiger partial charge in [0.1, 0.15) is 12.6 Å². The summed E-state index contributed by atoms with van der Waals surface area (Å²) in [4.78, 5) is 28.4. The van der Waals surface area contributed by atoms with Crippen molar-refractivity contribution in [3.63, 3.8) is 0 Å². The smallest absolute Gasteiger partial charge is 0.244 e. The van der Waals surface area contributed by atoms with E-state index in [1.165, 1.54) is 4.90 Å². The van der Waals surface area contributed by atoms with Gasteiger partial charge < -0.3 is 10.2 Å². The van der Waals surface area contributed by atoms with Gasteiger partial charge in [-0.3, -0.25) is 13.9 Å². The van der Waals surface area contributed by atoms with Gasteiger partial charge >= 0.3 is 0 Å². The fourth-order valence-corrected chi connectivity index (χ4v) is 6.01. The fourth-order valence-electron chi connectivity index (χ4n) is 4.83. The minimum atomic E-state index is -3.84. The molecule has 0 spiro atoms. The lowest BCUT2D eigenvalue weighted by Crippen LogP contribution is -2.52. The van der Waals surface area contributed by atoms with E-state index in [0.29, 0.717) is 26.7 Å². The van der Waals surface area contributed by atoms with Gasteiger partial charge in [-0.05, 0) is 48.9 Å². The van der Waals surface area contributed by atoms with Crippen molar-refractivity contribution in [1.29, 1.82) is 0 Å². The third-order valence-corrected chi connectivity index (χ3v) is 8.79. The van der Waals surface area contributed by atoms with E-state index in [1.807, 2.05) is 30.3 Å². The second-order valence-electron chi connectivity index (χ2n) is 9.70. The number of carbonyl (C=O) groups is 2. The van der Waals surface area contributed by atoms with E-state index >= 15 is 0 Å². The number of amides is 2. The van der Waals surface area contributed by atoms with E-state index in [2.05, 4.69) is 5.32 Å². The summed E-state index contributed by atoms with van der Waals surface area (Å²) in [7, 11) is -3.84. The number of carbonyl (C=O) groups excluding carboxylic acids is 2. The van der Waals surface area contributed by atoms with Crippen LogP contribution in [0.2, 0.25) is 10.0 Å². The highest BCUT2D eigenvalue weighted by atomic mass is 35.5. The average molecular weight is 577 g/mol. The highest BCUT2D eigenvalue weighted by Crippen LogP contribution is 2.29. The van der Waals surface area contributed by atoms with E-state index in [9.17, 15) is 18.0 Å². The molecule has 0 heterocycles. The monoisotopic (exact) mass is 575 g/mol. The summed E-state index contributed by atoms with van der Waals surface area (Å²) >= 11 is 12.3. The number of anilines is 1. The van der Waals surface area contributed by atoms with Gasteiger partial charge in [0.15, 0.2) is 0 Å². The Labute approximate surface area is 233 Å². The number of hydrogen-bond acceptors (Lipinski definition) is 4. The molecule has 0 radical (unpaired) electrons. The Morgan fingerprint density at radius 1 is 1.00 bits per heavy atom. The van der Waals surface area contributed by atoms with Gasteiger partial charge in [0.05, 0.1) is 22.0 Å². The first-order chi connectivity index (χ1) is 18.0. The molecule has 1 aliphatic rings. The van der Waals surface area contributed by atoms with E-state index in [-0.39, 0.29) is 18.5 Å². The molecule has 1 fully saturated rings. The molecular formula is C28H31Cl2N3O4S. The molecule has 10 heteroatoms. The van der Waals surface area contributed by atoms with Crippen LogP contribution in [0.15, 0.2) is 60.7 Å². The van der Waals surface area contributed by atoms with E-state index in [4.69, 9.17) is 23.2 Å². The molecule has 0 bridgehead atoms. The topological polar surface area (TPSA) is 86.8 Å². The molecular weight excluding hydrogens is 545 g/mol. The Hall–Kier alpha value is -2.81. The molecule has 1 aliphatic carbocycles. The van der Waals surface area contributed by atoms with Crippen molar-refractivity contribution < 1.29 is 18.0 Å². The molecule has 7 nitrogen and oxygen atoms in total. The van der Waals surface area contributed by atoms with Crippen LogP contribution in [0.4, 0.5) is 5.69 Å². The van der Waals surface area contributed by atoms with Crippen molar-refractivity contribution in [2.75, 3.05) is 17.1 Å². The summed E-state index contributed by atoms with van der Waals surface area (Å²) in [5, 5.41) is 5.30. The number of nitrogens with zero attached hydrogens (tertiary/aromatic N) is 2. The number of hydrogen-bond donors (Lipinski definition) is 1. The molecule has 3 aromatic carbocycles. The fraction of sp³-hybridized carbons (Fsp3) is 0.357. The van der Waals surface area contributed by atoms with Crippen molar-refractivity contribution in [2.24, 2.45) is 0 Å². The normalized spacial score (nSPS) is 14.8. The van der Waals surface area contributed by atoms with Crippen LogP contribution in [-0.2, 0) is 26.2 Å². The van der Waals surface area contributed by atoms with Crippen LogP contribution < -0.4 is 9.62 Å². The van der Waals surface area contributed by atoms with Gasteiger partial charge in [0.25, 0.3) is 0 Å². The van der Waals surface area contributed by atoms with Crippen LogP contribution in [0.5, 0.6) is 0 Å². The lowest BCUT2D eigenvalue weighted by Gasteiger charge is -2.32. The largest absolute Gasteiger partial charge is 0.352 e. The first kappa shape index (κ1) is 28.2. The third kappa shape index (κ3) is 6.60. The number of fused-ring (bicyclic) bond motifs is 1. The maximum absolute atomic E-state index is 13.8. The standard InChI is InChI=1S/C28H31Cl2N3O4S/c1-19(28(35)31-22-10-4-5-11-22)32(17-20-14-15-24(29)25(30)16-20)27(34)18-33(38(2,36)37)26-13-7-9-21-8-3-6-12-23(21)26/h3,6-9,12-16,19,22H,4-5,10-11,17-18H2,1-2H3,(H,31,35)/t19-/m0/s1. The minimum absolute atomic E-state index is 0.0577. The van der Waals surface area contributed by atoms with Gasteiger partial charge in [-0.25, -0.2) is 8.42 Å². The number of rotatable bonds is 9. The molecule has 3 aromatic rings. The Balaban J connectivity index is 1.67. The predicted octanol–water partition coefficient (Wildman–Crippen LogP) is 5.39. The van der Waals surface area contributed by atoms with E-state index < -0.39 is 28.5 Å². The summed E-state index contributed by atoms with van der Waals surface area (Å²) in [6.07, 6.45) is 4.99. The summed E-state index contributed by atoms with van der Waals surface area (Å²) in [5.74, 6) is -0.787. The summed E-state index contributed by atoms with van der Waals surface area (Å²) in [5.41, 5.74) is 1.07. The second-order valence-corrected chi connectivity index (χ2v) is 12.4. The van der Waals surface area contributed by atoms with Crippen LogP contribution in [0.25, 0.3) is 10.8 Å². The molecule has 1 atom stereocenters. The van der Waals surface area contributed by atoms with Crippen molar-refractivity contribution in [2.45, 2.75) is 51.2 Å². The van der Waals surface area contributed by atoms with Crippen LogP contribution in [-0.4, -0.2) is 50.0 Å². The number of nitrogens with one attached hydrogen (secondary N) is 1. The molecule has 0 aromatic heterocycles. The first-order valence-corrected chi connectivity index (χ1v) is 15.1. The molecule has 38 heavy (non-hydrogen) atoms. The number of benzene rings is 3. The van der Waals surface area contributed by atoms with Gasteiger partial charge in [0, 0.05) is 18.0 Å². The predicted molar refractivity (Wildman–Crippen MR) is 153 cm³/mol. The molecule has 0 saturated heterocycles. The molecule has 1 saturated carbocycles. The molecule has 2 amide bonds. The van der Waals surface area contributed by atoms with Crippen molar-refractivity contribution in [1.82, 2.24) is 10.2 Å². The highest BCUT2D eigenvalue weighted by Gasteiger charge is 2.32.